The lowest BCUT2D eigenvalue weighted by Gasteiger charge is -2.28. The van der Waals surface area contributed by atoms with E-state index in [2.05, 4.69) is 4.90 Å². The number of hydrogen-bond donors (Lipinski definition) is 1. The van der Waals surface area contributed by atoms with Gasteiger partial charge in [0.15, 0.2) is 0 Å². The lowest BCUT2D eigenvalue weighted by molar-refractivity contribution is 0.242. The molecule has 0 aliphatic carbocycles. The summed E-state index contributed by atoms with van der Waals surface area (Å²) in [5.41, 5.74) is 8.01. The molecule has 2 N–H and O–H groups in total. The Bertz CT molecular complexity index is 616. The molecule has 0 radical (unpaired) electrons. The monoisotopic (exact) mass is 342 g/mol. The van der Waals surface area contributed by atoms with Crippen LogP contribution in [-0.2, 0) is 6.54 Å². The van der Waals surface area contributed by atoms with Crippen molar-refractivity contribution >= 4 is 34.8 Å². The molecule has 2 rings (SSSR count). The van der Waals surface area contributed by atoms with Crippen LogP contribution < -0.4 is 5.73 Å². The first-order valence-corrected chi connectivity index (χ1v) is 7.75. The fourth-order valence-electron chi connectivity index (χ4n) is 2.36. The van der Waals surface area contributed by atoms with Crippen molar-refractivity contribution < 1.29 is 0 Å². The number of rotatable bonds is 5. The number of likely N-dealkylation sites (N-methyl/N-ethyl adjacent to an activating group) is 1. The van der Waals surface area contributed by atoms with E-state index in [1.807, 2.05) is 43.4 Å². The zero-order chi connectivity index (χ0) is 15.4. The average molecular weight is 344 g/mol. The van der Waals surface area contributed by atoms with Crippen LogP contribution in [0.15, 0.2) is 42.5 Å². The van der Waals surface area contributed by atoms with Crippen LogP contribution in [0.25, 0.3) is 0 Å². The summed E-state index contributed by atoms with van der Waals surface area (Å²) in [4.78, 5) is 2.14. The molecule has 0 aliphatic heterocycles. The highest BCUT2D eigenvalue weighted by Crippen LogP contribution is 2.32. The SMILES string of the molecule is CN(Cc1cccc(Cl)c1)C(CN)c1cccc(Cl)c1Cl. The van der Waals surface area contributed by atoms with E-state index in [-0.39, 0.29) is 6.04 Å². The van der Waals surface area contributed by atoms with E-state index >= 15 is 0 Å². The number of benzene rings is 2. The number of nitrogens with zero attached hydrogens (tertiary/aromatic N) is 1. The molecule has 0 fully saturated rings. The van der Waals surface area contributed by atoms with Crippen LogP contribution in [0.4, 0.5) is 0 Å². The van der Waals surface area contributed by atoms with Gasteiger partial charge in [0, 0.05) is 24.2 Å². The molecule has 0 spiro atoms. The minimum absolute atomic E-state index is 0.00446. The van der Waals surface area contributed by atoms with Crippen LogP contribution in [0.3, 0.4) is 0 Å². The van der Waals surface area contributed by atoms with Gasteiger partial charge in [0.1, 0.15) is 0 Å². The van der Waals surface area contributed by atoms with Gasteiger partial charge in [-0.15, -0.1) is 0 Å². The molecule has 0 heterocycles. The smallest absolute Gasteiger partial charge is 0.0640 e. The van der Waals surface area contributed by atoms with Gasteiger partial charge in [0.2, 0.25) is 0 Å². The van der Waals surface area contributed by atoms with Crippen molar-refractivity contribution in [3.05, 3.63) is 68.7 Å². The summed E-state index contributed by atoms with van der Waals surface area (Å²) in [5, 5.41) is 1.84. The summed E-state index contributed by atoms with van der Waals surface area (Å²) in [6.45, 7) is 1.18. The predicted molar refractivity (Wildman–Crippen MR) is 91.2 cm³/mol. The van der Waals surface area contributed by atoms with E-state index in [0.29, 0.717) is 16.6 Å². The van der Waals surface area contributed by atoms with Crippen molar-refractivity contribution in [2.24, 2.45) is 5.73 Å². The van der Waals surface area contributed by atoms with Crippen molar-refractivity contribution in [3.8, 4) is 0 Å². The molecular formula is C16H17Cl3N2. The zero-order valence-electron chi connectivity index (χ0n) is 11.7. The van der Waals surface area contributed by atoms with E-state index in [1.54, 1.807) is 6.07 Å². The molecule has 21 heavy (non-hydrogen) atoms. The highest BCUT2D eigenvalue weighted by molar-refractivity contribution is 6.42. The largest absolute Gasteiger partial charge is 0.329 e. The third-order valence-electron chi connectivity index (χ3n) is 3.42. The number of nitrogens with two attached hydrogens (primary N) is 1. The Morgan fingerprint density at radius 2 is 1.81 bits per heavy atom. The molecule has 0 saturated carbocycles. The second-order valence-corrected chi connectivity index (χ2v) is 6.16. The molecule has 0 aliphatic rings. The molecule has 2 aromatic carbocycles. The second kappa shape index (κ2) is 7.48. The molecule has 5 heteroatoms. The van der Waals surface area contributed by atoms with Gasteiger partial charge in [-0.3, -0.25) is 4.90 Å². The Hall–Kier alpha value is -0.770. The minimum Gasteiger partial charge on any atom is -0.329 e. The molecule has 0 bridgehead atoms. The van der Waals surface area contributed by atoms with E-state index in [9.17, 15) is 0 Å². The second-order valence-electron chi connectivity index (χ2n) is 4.94. The highest BCUT2D eigenvalue weighted by atomic mass is 35.5. The molecule has 1 unspecified atom stereocenters. The number of hydrogen-bond acceptors (Lipinski definition) is 2. The van der Waals surface area contributed by atoms with Gasteiger partial charge in [-0.1, -0.05) is 59.1 Å². The van der Waals surface area contributed by atoms with Gasteiger partial charge < -0.3 is 5.73 Å². The quantitative estimate of drug-likeness (QED) is 0.846. The fraction of sp³-hybridized carbons (Fsp3) is 0.250. The lowest BCUT2D eigenvalue weighted by Crippen LogP contribution is -2.30. The Kier molecular flexibility index (Phi) is 5.91. The normalized spacial score (nSPS) is 12.7. The van der Waals surface area contributed by atoms with Crippen molar-refractivity contribution in [1.29, 1.82) is 0 Å². The van der Waals surface area contributed by atoms with Crippen LogP contribution in [-0.4, -0.2) is 18.5 Å². The summed E-state index contributed by atoms with van der Waals surface area (Å²) >= 11 is 18.4. The summed E-state index contributed by atoms with van der Waals surface area (Å²) in [5.74, 6) is 0. The summed E-state index contributed by atoms with van der Waals surface area (Å²) in [7, 11) is 2.01. The average Bonchev–Trinajstić information content (AvgIpc) is 2.44. The third kappa shape index (κ3) is 4.12. The van der Waals surface area contributed by atoms with Gasteiger partial charge in [0.25, 0.3) is 0 Å². The van der Waals surface area contributed by atoms with Gasteiger partial charge in [-0.25, -0.2) is 0 Å². The van der Waals surface area contributed by atoms with Gasteiger partial charge in [-0.2, -0.15) is 0 Å². The Balaban J connectivity index is 2.22. The topological polar surface area (TPSA) is 29.3 Å². The van der Waals surface area contributed by atoms with E-state index < -0.39 is 0 Å². The van der Waals surface area contributed by atoms with Crippen LogP contribution in [0.1, 0.15) is 17.2 Å². The third-order valence-corrected chi connectivity index (χ3v) is 4.49. The first kappa shape index (κ1) is 16.6. The molecule has 0 aromatic heterocycles. The molecular weight excluding hydrogens is 327 g/mol. The summed E-state index contributed by atoms with van der Waals surface area (Å²) in [6.07, 6.45) is 0. The fourth-order valence-corrected chi connectivity index (χ4v) is 3.00. The first-order chi connectivity index (χ1) is 10.0. The van der Waals surface area contributed by atoms with E-state index in [4.69, 9.17) is 40.5 Å². The Morgan fingerprint density at radius 3 is 2.48 bits per heavy atom. The highest BCUT2D eigenvalue weighted by Gasteiger charge is 2.19. The zero-order valence-corrected chi connectivity index (χ0v) is 14.0. The maximum atomic E-state index is 6.30. The molecule has 112 valence electrons. The van der Waals surface area contributed by atoms with Crippen molar-refractivity contribution in [2.45, 2.75) is 12.6 Å². The molecule has 0 amide bonds. The van der Waals surface area contributed by atoms with Gasteiger partial charge in [-0.05, 0) is 36.4 Å². The maximum absolute atomic E-state index is 6.30. The summed E-state index contributed by atoms with van der Waals surface area (Å²) in [6, 6.07) is 13.4. The van der Waals surface area contributed by atoms with Crippen LogP contribution >= 0.6 is 34.8 Å². The summed E-state index contributed by atoms with van der Waals surface area (Å²) < 4.78 is 0. The van der Waals surface area contributed by atoms with Crippen LogP contribution in [0.2, 0.25) is 15.1 Å². The first-order valence-electron chi connectivity index (χ1n) is 6.61. The lowest BCUT2D eigenvalue weighted by atomic mass is 10.0. The van der Waals surface area contributed by atoms with Crippen LogP contribution in [0, 0.1) is 0 Å². The van der Waals surface area contributed by atoms with Crippen molar-refractivity contribution in [3.63, 3.8) is 0 Å². The van der Waals surface area contributed by atoms with Gasteiger partial charge in [0.05, 0.1) is 10.0 Å². The van der Waals surface area contributed by atoms with Crippen molar-refractivity contribution in [1.82, 2.24) is 4.90 Å². The Morgan fingerprint density at radius 1 is 1.10 bits per heavy atom. The molecule has 2 nitrogen and oxygen atoms in total. The predicted octanol–water partition coefficient (Wildman–Crippen LogP) is 4.78. The van der Waals surface area contributed by atoms with Crippen molar-refractivity contribution in [2.75, 3.05) is 13.6 Å². The van der Waals surface area contributed by atoms with E-state index in [0.717, 1.165) is 22.7 Å². The molecule has 0 saturated heterocycles. The van der Waals surface area contributed by atoms with Gasteiger partial charge >= 0.3 is 0 Å². The molecule has 2 aromatic rings. The Labute approximate surface area is 140 Å². The standard InChI is InChI=1S/C16H17Cl3N2/c1-21(10-11-4-2-5-12(17)8-11)15(9-20)13-6-3-7-14(18)16(13)19/h2-8,15H,9-10,20H2,1H3. The van der Waals surface area contributed by atoms with E-state index in [1.165, 1.54) is 0 Å². The minimum atomic E-state index is -0.00446. The maximum Gasteiger partial charge on any atom is 0.0640 e. The number of halogens is 3. The molecule has 1 atom stereocenters. The van der Waals surface area contributed by atoms with Crippen LogP contribution in [0.5, 0.6) is 0 Å².